The van der Waals surface area contributed by atoms with E-state index in [1.54, 1.807) is 24.3 Å². The molecule has 33 heavy (non-hydrogen) atoms. The van der Waals surface area contributed by atoms with Crippen molar-refractivity contribution < 1.29 is 4.39 Å². The summed E-state index contributed by atoms with van der Waals surface area (Å²) in [7, 11) is 0. The molecule has 2 aromatic rings. The van der Waals surface area contributed by atoms with Gasteiger partial charge in [-0.25, -0.2) is 14.4 Å². The van der Waals surface area contributed by atoms with E-state index < -0.39 is 0 Å². The summed E-state index contributed by atoms with van der Waals surface area (Å²) in [5, 5.41) is 0.426. The molecule has 1 fully saturated rings. The second kappa shape index (κ2) is 16.8. The summed E-state index contributed by atoms with van der Waals surface area (Å²) in [6.07, 6.45) is 14.6. The normalized spacial score (nSPS) is 13.3. The summed E-state index contributed by atoms with van der Waals surface area (Å²) in [5.41, 5.74) is 2.56. The SMILES string of the molecule is CC(C)=Nc1nc(-c2ccccc2F)c(Cl)cc1C.CCCC.CCCCC1CCCCC1. The Morgan fingerprint density at radius 1 is 1.03 bits per heavy atom. The molecule has 1 aliphatic carbocycles. The van der Waals surface area contributed by atoms with Gasteiger partial charge in [0.25, 0.3) is 0 Å². The zero-order valence-corrected chi connectivity index (χ0v) is 22.4. The van der Waals surface area contributed by atoms with Crippen LogP contribution in [0.1, 0.15) is 104 Å². The van der Waals surface area contributed by atoms with Gasteiger partial charge in [0, 0.05) is 11.3 Å². The molecule has 0 saturated heterocycles. The minimum absolute atomic E-state index is 0.344. The summed E-state index contributed by atoms with van der Waals surface area (Å²) < 4.78 is 13.8. The third kappa shape index (κ3) is 11.3. The zero-order chi connectivity index (χ0) is 24.6. The Hall–Kier alpha value is -1.74. The maximum Gasteiger partial charge on any atom is 0.155 e. The van der Waals surface area contributed by atoms with Crippen molar-refractivity contribution in [3.05, 3.63) is 46.7 Å². The van der Waals surface area contributed by atoms with Crippen molar-refractivity contribution in [2.24, 2.45) is 10.9 Å². The van der Waals surface area contributed by atoms with Gasteiger partial charge in [0.1, 0.15) is 5.82 Å². The minimum atomic E-state index is -0.344. The van der Waals surface area contributed by atoms with Gasteiger partial charge in [0.05, 0.1) is 10.7 Å². The standard InChI is InChI=1S/C15H14ClFN2.C10H20.C4H10/c1-9(2)18-15-10(3)8-12(16)14(19-15)11-6-4-5-7-13(11)17;1-2-3-7-10-8-5-4-6-9-10;1-3-4-2/h4-8H,1-3H3;10H,2-9H2,1H3;3-4H2,1-2H3. The van der Waals surface area contributed by atoms with Crippen LogP contribution in [0.15, 0.2) is 35.3 Å². The highest BCUT2D eigenvalue weighted by molar-refractivity contribution is 6.33. The average Bonchev–Trinajstić information content (AvgIpc) is 2.81. The molecule has 3 rings (SSSR count). The highest BCUT2D eigenvalue weighted by atomic mass is 35.5. The van der Waals surface area contributed by atoms with Crippen LogP contribution in [0.3, 0.4) is 0 Å². The lowest BCUT2D eigenvalue weighted by Crippen LogP contribution is -2.05. The van der Waals surface area contributed by atoms with E-state index in [1.807, 2.05) is 20.8 Å². The number of pyridine rings is 1. The predicted octanol–water partition coefficient (Wildman–Crippen LogP) is 10.5. The van der Waals surface area contributed by atoms with Crippen LogP contribution < -0.4 is 0 Å². The van der Waals surface area contributed by atoms with Crippen molar-refractivity contribution >= 4 is 23.1 Å². The predicted molar refractivity (Wildman–Crippen MR) is 145 cm³/mol. The van der Waals surface area contributed by atoms with Crippen LogP contribution in [-0.2, 0) is 0 Å². The number of nitrogens with zero attached hydrogens (tertiary/aromatic N) is 2. The molecule has 0 amide bonds. The number of benzene rings is 1. The molecule has 1 heterocycles. The second-order valence-corrected chi connectivity index (χ2v) is 9.55. The molecule has 184 valence electrons. The summed E-state index contributed by atoms with van der Waals surface area (Å²) in [6, 6.07) is 8.20. The van der Waals surface area contributed by atoms with Gasteiger partial charge in [-0.15, -0.1) is 0 Å². The number of aliphatic imine (C=N–C) groups is 1. The first-order chi connectivity index (χ1) is 15.8. The summed E-state index contributed by atoms with van der Waals surface area (Å²) >= 11 is 6.17. The van der Waals surface area contributed by atoms with Crippen LogP contribution in [-0.4, -0.2) is 10.7 Å². The number of hydrogen-bond donors (Lipinski definition) is 0. The topological polar surface area (TPSA) is 25.2 Å². The van der Waals surface area contributed by atoms with Crippen LogP contribution in [0.25, 0.3) is 11.3 Å². The number of halogens is 2. The zero-order valence-electron chi connectivity index (χ0n) is 21.7. The molecule has 0 atom stereocenters. The molecule has 1 saturated carbocycles. The van der Waals surface area contributed by atoms with Crippen LogP contribution >= 0.6 is 11.6 Å². The first-order valence-corrected chi connectivity index (χ1v) is 13.2. The van der Waals surface area contributed by atoms with E-state index in [2.05, 4.69) is 30.7 Å². The molecule has 1 aliphatic rings. The van der Waals surface area contributed by atoms with Crippen molar-refractivity contribution in [1.82, 2.24) is 4.98 Å². The molecule has 1 aromatic heterocycles. The van der Waals surface area contributed by atoms with Gasteiger partial charge in [-0.1, -0.05) is 109 Å². The Bertz CT molecular complexity index is 836. The fourth-order valence-electron chi connectivity index (χ4n) is 3.71. The molecule has 0 N–H and O–H groups in total. The summed E-state index contributed by atoms with van der Waals surface area (Å²) in [4.78, 5) is 8.72. The molecule has 2 nitrogen and oxygen atoms in total. The van der Waals surface area contributed by atoms with E-state index >= 15 is 0 Å². The fourth-order valence-corrected chi connectivity index (χ4v) is 4.01. The van der Waals surface area contributed by atoms with Crippen molar-refractivity contribution in [3.63, 3.8) is 0 Å². The molecule has 4 heteroatoms. The number of aryl methyl sites for hydroxylation is 1. The van der Waals surface area contributed by atoms with Gasteiger partial charge in [-0.2, -0.15) is 0 Å². The van der Waals surface area contributed by atoms with E-state index in [4.69, 9.17) is 11.6 Å². The number of unbranched alkanes of at least 4 members (excludes halogenated alkanes) is 2. The van der Waals surface area contributed by atoms with Gasteiger partial charge in [0.15, 0.2) is 5.82 Å². The first kappa shape index (κ1) is 29.3. The van der Waals surface area contributed by atoms with Gasteiger partial charge < -0.3 is 0 Å². The Balaban J connectivity index is 0.000000325. The molecule has 0 aliphatic heterocycles. The quantitative estimate of drug-likeness (QED) is 0.382. The smallest absolute Gasteiger partial charge is 0.155 e. The van der Waals surface area contributed by atoms with Crippen molar-refractivity contribution in [3.8, 4) is 11.3 Å². The van der Waals surface area contributed by atoms with Crippen LogP contribution in [0.2, 0.25) is 5.02 Å². The Morgan fingerprint density at radius 3 is 2.21 bits per heavy atom. The lowest BCUT2D eigenvalue weighted by Gasteiger charge is -2.20. The average molecular weight is 475 g/mol. The molecule has 1 aromatic carbocycles. The van der Waals surface area contributed by atoms with E-state index in [9.17, 15) is 4.39 Å². The Kier molecular flexibility index (Phi) is 14.9. The maximum absolute atomic E-state index is 13.8. The van der Waals surface area contributed by atoms with Gasteiger partial charge >= 0.3 is 0 Å². The van der Waals surface area contributed by atoms with E-state index in [-0.39, 0.29) is 5.82 Å². The third-order valence-electron chi connectivity index (χ3n) is 5.79. The number of aromatic nitrogens is 1. The monoisotopic (exact) mass is 474 g/mol. The number of hydrogen-bond acceptors (Lipinski definition) is 2. The summed E-state index contributed by atoms with van der Waals surface area (Å²) in [6.45, 7) is 12.3. The molecule has 0 spiro atoms. The van der Waals surface area contributed by atoms with Gasteiger partial charge in [0.2, 0.25) is 0 Å². The molecule has 0 unspecified atom stereocenters. The lowest BCUT2D eigenvalue weighted by molar-refractivity contribution is 0.331. The Morgan fingerprint density at radius 2 is 1.67 bits per heavy atom. The van der Waals surface area contributed by atoms with Crippen molar-refractivity contribution in [2.45, 2.75) is 106 Å². The molecule has 0 bridgehead atoms. The molecular formula is C29H44ClFN2. The van der Waals surface area contributed by atoms with E-state index in [1.165, 1.54) is 70.3 Å². The molecule has 0 radical (unpaired) electrons. The first-order valence-electron chi connectivity index (χ1n) is 12.8. The lowest BCUT2D eigenvalue weighted by atomic mass is 9.86. The third-order valence-corrected chi connectivity index (χ3v) is 6.08. The Labute approximate surface area is 207 Å². The largest absolute Gasteiger partial charge is 0.238 e. The second-order valence-electron chi connectivity index (χ2n) is 9.14. The highest BCUT2D eigenvalue weighted by Gasteiger charge is 2.13. The number of rotatable bonds is 6. The van der Waals surface area contributed by atoms with E-state index in [0.717, 1.165) is 17.2 Å². The van der Waals surface area contributed by atoms with E-state index in [0.29, 0.717) is 22.1 Å². The minimum Gasteiger partial charge on any atom is -0.238 e. The fraction of sp³-hybridized carbons (Fsp3) is 0.586. The van der Waals surface area contributed by atoms with Crippen LogP contribution in [0.4, 0.5) is 10.2 Å². The van der Waals surface area contributed by atoms with Crippen molar-refractivity contribution in [2.75, 3.05) is 0 Å². The molecular weight excluding hydrogens is 431 g/mol. The van der Waals surface area contributed by atoms with Gasteiger partial charge in [-0.3, -0.25) is 0 Å². The summed E-state index contributed by atoms with van der Waals surface area (Å²) in [5.74, 6) is 1.33. The van der Waals surface area contributed by atoms with Crippen LogP contribution in [0, 0.1) is 18.7 Å². The highest BCUT2D eigenvalue weighted by Crippen LogP contribution is 2.32. The van der Waals surface area contributed by atoms with Gasteiger partial charge in [-0.05, 0) is 50.5 Å². The maximum atomic E-state index is 13.8. The van der Waals surface area contributed by atoms with Crippen LogP contribution in [0.5, 0.6) is 0 Å². The van der Waals surface area contributed by atoms with Crippen molar-refractivity contribution in [1.29, 1.82) is 0 Å².